The van der Waals surface area contributed by atoms with Crippen LogP contribution in [0.2, 0.25) is 0 Å². The van der Waals surface area contributed by atoms with E-state index in [1.54, 1.807) is 6.92 Å². The second-order valence-corrected chi connectivity index (χ2v) is 4.97. The van der Waals surface area contributed by atoms with Crippen LogP contribution in [-0.4, -0.2) is 26.0 Å². The van der Waals surface area contributed by atoms with Gasteiger partial charge in [0.2, 0.25) is 0 Å². The molecule has 0 saturated carbocycles. The molecule has 0 aromatic heterocycles. The monoisotopic (exact) mass is 276 g/mol. The molecule has 0 radical (unpaired) electrons. The molecular formula is C10H13FN2O4S. The minimum absolute atomic E-state index is 0.201. The maximum Gasteiger partial charge on any atom is 0.340 e. The van der Waals surface area contributed by atoms with Gasteiger partial charge in [0.1, 0.15) is 11.4 Å². The third-order valence-electron chi connectivity index (χ3n) is 2.01. The summed E-state index contributed by atoms with van der Waals surface area (Å²) in [7, 11) is -3.90. The summed E-state index contributed by atoms with van der Waals surface area (Å²) in [5.74, 6) is -2.54. The maximum absolute atomic E-state index is 13.3. The van der Waals surface area contributed by atoms with E-state index in [1.807, 2.05) is 4.72 Å². The highest BCUT2D eigenvalue weighted by Gasteiger charge is 2.19. The Kier molecular flexibility index (Phi) is 4.62. The van der Waals surface area contributed by atoms with Crippen molar-refractivity contribution in [2.24, 2.45) is 0 Å². The summed E-state index contributed by atoms with van der Waals surface area (Å²) in [6.45, 7) is 1.97. The molecule has 0 atom stereocenters. The molecule has 3 N–H and O–H groups in total. The van der Waals surface area contributed by atoms with Crippen LogP contribution in [0.3, 0.4) is 0 Å². The summed E-state index contributed by atoms with van der Waals surface area (Å²) in [4.78, 5) is 10.8. The number of anilines is 1. The molecule has 0 bridgehead atoms. The molecule has 100 valence electrons. The van der Waals surface area contributed by atoms with Gasteiger partial charge in [-0.15, -0.1) is 0 Å². The summed E-state index contributed by atoms with van der Waals surface area (Å²) in [6.07, 6.45) is 0.579. The smallest absolute Gasteiger partial charge is 0.340 e. The maximum atomic E-state index is 13.3. The molecule has 0 aliphatic rings. The minimum Gasteiger partial charge on any atom is -0.478 e. The van der Waals surface area contributed by atoms with Gasteiger partial charge < -0.3 is 5.11 Å². The third-order valence-corrected chi connectivity index (χ3v) is 3.09. The van der Waals surface area contributed by atoms with E-state index in [0.717, 1.165) is 6.07 Å². The lowest BCUT2D eigenvalue weighted by atomic mass is 10.2. The highest BCUT2D eigenvalue weighted by molar-refractivity contribution is 7.90. The van der Waals surface area contributed by atoms with E-state index in [4.69, 9.17) is 5.11 Å². The van der Waals surface area contributed by atoms with Gasteiger partial charge in [-0.05, 0) is 18.6 Å². The molecule has 1 aromatic rings. The molecule has 8 heteroatoms. The highest BCUT2D eigenvalue weighted by atomic mass is 32.2. The number of carboxylic acids is 1. The van der Waals surface area contributed by atoms with Gasteiger partial charge in [-0.3, -0.25) is 4.72 Å². The number of carboxylic acid groups (broad SMARTS) is 1. The fraction of sp³-hybridized carbons (Fsp3) is 0.300. The van der Waals surface area contributed by atoms with Gasteiger partial charge in [0.05, 0.1) is 5.69 Å². The quantitative estimate of drug-likeness (QED) is 0.727. The molecule has 0 saturated heterocycles. The molecule has 0 fully saturated rings. The third kappa shape index (κ3) is 3.67. The second kappa shape index (κ2) is 5.78. The second-order valence-electron chi connectivity index (χ2n) is 3.47. The van der Waals surface area contributed by atoms with Crippen molar-refractivity contribution in [3.63, 3.8) is 0 Å². The predicted octanol–water partition coefficient (Wildman–Crippen LogP) is 1.18. The van der Waals surface area contributed by atoms with Gasteiger partial charge in [-0.25, -0.2) is 9.18 Å². The number of hydrogen-bond donors (Lipinski definition) is 3. The minimum atomic E-state index is -3.90. The normalized spacial score (nSPS) is 11.2. The molecule has 1 aromatic carbocycles. The first kappa shape index (κ1) is 14.4. The first-order chi connectivity index (χ1) is 8.37. The Morgan fingerprint density at radius 3 is 2.67 bits per heavy atom. The van der Waals surface area contributed by atoms with Gasteiger partial charge >= 0.3 is 5.97 Å². The van der Waals surface area contributed by atoms with Crippen LogP contribution in [0.1, 0.15) is 23.7 Å². The van der Waals surface area contributed by atoms with Gasteiger partial charge in [-0.1, -0.05) is 13.0 Å². The number of nitrogens with one attached hydrogen (secondary N) is 2. The van der Waals surface area contributed by atoms with E-state index in [1.165, 1.54) is 12.1 Å². The Balaban J connectivity index is 3.05. The Morgan fingerprint density at radius 1 is 1.44 bits per heavy atom. The summed E-state index contributed by atoms with van der Waals surface area (Å²) in [5, 5.41) is 8.82. The van der Waals surface area contributed by atoms with Crippen LogP contribution >= 0.6 is 0 Å². The summed E-state index contributed by atoms with van der Waals surface area (Å²) < 4.78 is 40.5. The van der Waals surface area contributed by atoms with E-state index in [-0.39, 0.29) is 12.2 Å². The van der Waals surface area contributed by atoms with Gasteiger partial charge in [0, 0.05) is 6.54 Å². The van der Waals surface area contributed by atoms with E-state index in [9.17, 15) is 17.6 Å². The summed E-state index contributed by atoms with van der Waals surface area (Å²) >= 11 is 0. The van der Waals surface area contributed by atoms with Crippen LogP contribution in [0.4, 0.5) is 10.1 Å². The van der Waals surface area contributed by atoms with E-state index >= 15 is 0 Å². The fourth-order valence-corrected chi connectivity index (χ4v) is 2.25. The molecule has 6 nitrogen and oxygen atoms in total. The Bertz CT molecular complexity index is 545. The molecule has 0 amide bonds. The number of hydrogen-bond acceptors (Lipinski definition) is 3. The van der Waals surface area contributed by atoms with Crippen molar-refractivity contribution in [1.82, 2.24) is 4.72 Å². The van der Waals surface area contributed by atoms with Crippen LogP contribution in [0.25, 0.3) is 0 Å². The summed E-state index contributed by atoms with van der Waals surface area (Å²) in [5.41, 5.74) is -1.02. The zero-order valence-corrected chi connectivity index (χ0v) is 10.4. The van der Waals surface area contributed by atoms with Crippen molar-refractivity contribution in [3.8, 4) is 0 Å². The van der Waals surface area contributed by atoms with Crippen molar-refractivity contribution in [3.05, 3.63) is 29.6 Å². The molecule has 0 aliphatic carbocycles. The van der Waals surface area contributed by atoms with E-state index in [0.29, 0.717) is 6.42 Å². The zero-order chi connectivity index (χ0) is 13.8. The van der Waals surface area contributed by atoms with Crippen LogP contribution < -0.4 is 9.44 Å². The predicted molar refractivity (Wildman–Crippen MR) is 64.2 cm³/mol. The lowest BCUT2D eigenvalue weighted by molar-refractivity contribution is 0.0693. The first-order valence-electron chi connectivity index (χ1n) is 5.16. The van der Waals surface area contributed by atoms with Gasteiger partial charge in [0.25, 0.3) is 10.2 Å². The number of benzene rings is 1. The SMILES string of the molecule is CCCNS(=O)(=O)Nc1cccc(F)c1C(=O)O. The Hall–Kier alpha value is -1.67. The molecule has 0 spiro atoms. The first-order valence-corrected chi connectivity index (χ1v) is 6.65. The topological polar surface area (TPSA) is 95.5 Å². The lowest BCUT2D eigenvalue weighted by Crippen LogP contribution is -2.31. The number of aromatic carboxylic acids is 1. The van der Waals surface area contributed by atoms with Gasteiger partial charge in [0.15, 0.2) is 0 Å². The number of carbonyl (C=O) groups is 1. The largest absolute Gasteiger partial charge is 0.478 e. The molecule has 0 aliphatic heterocycles. The highest BCUT2D eigenvalue weighted by Crippen LogP contribution is 2.19. The number of rotatable bonds is 6. The van der Waals surface area contributed by atoms with E-state index in [2.05, 4.69) is 4.72 Å². The van der Waals surface area contributed by atoms with Crippen molar-refractivity contribution < 1.29 is 22.7 Å². The van der Waals surface area contributed by atoms with Crippen LogP contribution in [0, 0.1) is 5.82 Å². The molecule has 0 heterocycles. The van der Waals surface area contributed by atoms with Crippen LogP contribution in [0.15, 0.2) is 18.2 Å². The zero-order valence-electron chi connectivity index (χ0n) is 9.60. The lowest BCUT2D eigenvalue weighted by Gasteiger charge is -2.11. The Morgan fingerprint density at radius 2 is 2.11 bits per heavy atom. The van der Waals surface area contributed by atoms with Crippen molar-refractivity contribution in [2.75, 3.05) is 11.3 Å². The van der Waals surface area contributed by atoms with Crippen molar-refractivity contribution in [1.29, 1.82) is 0 Å². The Labute approximate surface area is 104 Å². The molecular weight excluding hydrogens is 263 g/mol. The molecule has 0 unspecified atom stereocenters. The van der Waals surface area contributed by atoms with E-state index < -0.39 is 27.6 Å². The van der Waals surface area contributed by atoms with Gasteiger partial charge in [-0.2, -0.15) is 13.1 Å². The average Bonchev–Trinajstić information content (AvgIpc) is 2.25. The fourth-order valence-electron chi connectivity index (χ4n) is 1.24. The van der Waals surface area contributed by atoms with Crippen LogP contribution in [-0.2, 0) is 10.2 Å². The standard InChI is InChI=1S/C10H13FN2O4S/c1-2-6-12-18(16,17)13-8-5-3-4-7(11)9(8)10(14)15/h3-5,12-13H,2,6H2,1H3,(H,14,15). The number of halogens is 1. The average molecular weight is 276 g/mol. The summed E-state index contributed by atoms with van der Waals surface area (Å²) in [6, 6.07) is 3.35. The van der Waals surface area contributed by atoms with Crippen molar-refractivity contribution in [2.45, 2.75) is 13.3 Å². The van der Waals surface area contributed by atoms with Crippen molar-refractivity contribution >= 4 is 21.9 Å². The molecule has 18 heavy (non-hydrogen) atoms. The molecule has 1 rings (SSSR count). The van der Waals surface area contributed by atoms with Crippen LogP contribution in [0.5, 0.6) is 0 Å².